The lowest BCUT2D eigenvalue weighted by Gasteiger charge is -2.20. The Bertz CT molecular complexity index is 630. The largest absolute Gasteiger partial charge is 0.495 e. The SMILES string of the molecule is COc1cccc2c3c([nH]c12)CCC(CC(=O)O)C3. The summed E-state index contributed by atoms with van der Waals surface area (Å²) in [6.45, 7) is 0. The number of nitrogens with one attached hydrogen (secondary N) is 1. The van der Waals surface area contributed by atoms with Crippen LogP contribution in [0.2, 0.25) is 0 Å². The van der Waals surface area contributed by atoms with Gasteiger partial charge in [0.25, 0.3) is 0 Å². The fraction of sp³-hybridized carbons (Fsp3) is 0.400. The summed E-state index contributed by atoms with van der Waals surface area (Å²) in [5, 5.41) is 10.1. The van der Waals surface area contributed by atoms with Gasteiger partial charge in [-0.15, -0.1) is 0 Å². The number of hydrogen-bond donors (Lipinski definition) is 2. The number of carboxylic acids is 1. The van der Waals surface area contributed by atoms with Gasteiger partial charge < -0.3 is 14.8 Å². The third-order valence-electron chi connectivity index (χ3n) is 3.97. The number of carbonyl (C=O) groups is 1. The molecule has 1 heterocycles. The van der Waals surface area contributed by atoms with Gasteiger partial charge in [-0.2, -0.15) is 0 Å². The van der Waals surface area contributed by atoms with Crippen molar-refractivity contribution in [2.45, 2.75) is 25.7 Å². The van der Waals surface area contributed by atoms with E-state index in [1.165, 1.54) is 16.6 Å². The maximum Gasteiger partial charge on any atom is 0.303 e. The summed E-state index contributed by atoms with van der Waals surface area (Å²) in [6, 6.07) is 6.01. The molecule has 0 fully saturated rings. The molecule has 1 atom stereocenters. The van der Waals surface area contributed by atoms with E-state index < -0.39 is 5.97 Å². The number of aliphatic carboxylic acids is 1. The van der Waals surface area contributed by atoms with Gasteiger partial charge in [-0.25, -0.2) is 0 Å². The minimum Gasteiger partial charge on any atom is -0.495 e. The molecule has 0 radical (unpaired) electrons. The Morgan fingerprint density at radius 2 is 2.37 bits per heavy atom. The number of H-pyrrole nitrogens is 1. The van der Waals surface area contributed by atoms with Gasteiger partial charge in [-0.3, -0.25) is 4.79 Å². The van der Waals surface area contributed by atoms with E-state index in [9.17, 15) is 4.79 Å². The number of benzene rings is 1. The zero-order valence-corrected chi connectivity index (χ0v) is 10.9. The molecule has 3 rings (SSSR count). The summed E-state index contributed by atoms with van der Waals surface area (Å²) in [5.74, 6) is 0.391. The van der Waals surface area contributed by atoms with E-state index in [0.29, 0.717) is 0 Å². The number of ether oxygens (including phenoxy) is 1. The van der Waals surface area contributed by atoms with Gasteiger partial charge in [0, 0.05) is 17.5 Å². The van der Waals surface area contributed by atoms with Gasteiger partial charge >= 0.3 is 5.97 Å². The van der Waals surface area contributed by atoms with Gasteiger partial charge in [0.05, 0.1) is 12.6 Å². The molecule has 2 N–H and O–H groups in total. The first-order chi connectivity index (χ1) is 9.19. The van der Waals surface area contributed by atoms with Crippen molar-refractivity contribution in [2.24, 2.45) is 5.92 Å². The Morgan fingerprint density at radius 1 is 1.53 bits per heavy atom. The minimum atomic E-state index is -0.703. The number of hydrogen-bond acceptors (Lipinski definition) is 2. The molecule has 4 heteroatoms. The van der Waals surface area contributed by atoms with E-state index in [0.717, 1.165) is 30.5 Å². The van der Waals surface area contributed by atoms with Crippen LogP contribution in [0.4, 0.5) is 0 Å². The van der Waals surface area contributed by atoms with Crippen molar-refractivity contribution in [3.63, 3.8) is 0 Å². The molecule has 0 saturated heterocycles. The van der Waals surface area contributed by atoms with Crippen LogP contribution in [0.25, 0.3) is 10.9 Å². The number of fused-ring (bicyclic) bond motifs is 3. The van der Waals surface area contributed by atoms with E-state index in [1.807, 2.05) is 12.1 Å². The quantitative estimate of drug-likeness (QED) is 0.891. The van der Waals surface area contributed by atoms with Crippen molar-refractivity contribution >= 4 is 16.9 Å². The van der Waals surface area contributed by atoms with Crippen LogP contribution in [-0.2, 0) is 17.6 Å². The lowest BCUT2D eigenvalue weighted by atomic mass is 9.84. The maximum absolute atomic E-state index is 10.9. The van der Waals surface area contributed by atoms with Gasteiger partial charge in [-0.05, 0) is 36.8 Å². The van der Waals surface area contributed by atoms with E-state index >= 15 is 0 Å². The standard InChI is InChI=1S/C15H17NO3/c1-19-13-4-2-3-10-11-7-9(8-14(17)18)5-6-12(11)16-15(10)13/h2-4,9,16H,5-8H2,1H3,(H,17,18). The molecule has 4 nitrogen and oxygen atoms in total. The van der Waals surface area contributed by atoms with Crippen LogP contribution in [0.5, 0.6) is 5.75 Å². The number of aryl methyl sites for hydroxylation is 1. The van der Waals surface area contributed by atoms with Crippen molar-refractivity contribution in [1.29, 1.82) is 0 Å². The third-order valence-corrected chi connectivity index (χ3v) is 3.97. The van der Waals surface area contributed by atoms with Crippen LogP contribution in [0, 0.1) is 5.92 Å². The fourth-order valence-electron chi connectivity index (χ4n) is 3.08. The van der Waals surface area contributed by atoms with E-state index in [1.54, 1.807) is 7.11 Å². The van der Waals surface area contributed by atoms with E-state index in [2.05, 4.69) is 11.1 Å². The second-order valence-electron chi connectivity index (χ2n) is 5.17. The zero-order chi connectivity index (χ0) is 13.4. The number of rotatable bonds is 3. The van der Waals surface area contributed by atoms with Crippen LogP contribution in [0.1, 0.15) is 24.1 Å². The number of aromatic nitrogens is 1. The Kier molecular flexibility index (Phi) is 2.93. The minimum absolute atomic E-state index is 0.246. The smallest absolute Gasteiger partial charge is 0.303 e. The van der Waals surface area contributed by atoms with Crippen LogP contribution < -0.4 is 4.74 Å². The van der Waals surface area contributed by atoms with Crippen molar-refractivity contribution in [1.82, 2.24) is 4.98 Å². The van der Waals surface area contributed by atoms with Crippen LogP contribution in [-0.4, -0.2) is 23.2 Å². The summed E-state index contributed by atoms with van der Waals surface area (Å²) in [6.07, 6.45) is 2.96. The molecule has 0 spiro atoms. The third kappa shape index (κ3) is 2.07. The molecule has 1 aromatic carbocycles. The molecule has 0 aliphatic heterocycles. The Balaban J connectivity index is 2.02. The van der Waals surface area contributed by atoms with Crippen LogP contribution >= 0.6 is 0 Å². The summed E-state index contributed by atoms with van der Waals surface area (Å²) in [7, 11) is 1.67. The van der Waals surface area contributed by atoms with Gasteiger partial charge in [0.2, 0.25) is 0 Å². The molecule has 19 heavy (non-hydrogen) atoms. The highest BCUT2D eigenvalue weighted by Crippen LogP contribution is 2.36. The summed E-state index contributed by atoms with van der Waals surface area (Å²) in [4.78, 5) is 14.3. The molecule has 1 unspecified atom stereocenters. The van der Waals surface area contributed by atoms with Crippen molar-refractivity contribution in [3.8, 4) is 5.75 Å². The van der Waals surface area contributed by atoms with Gasteiger partial charge in [0.15, 0.2) is 0 Å². The van der Waals surface area contributed by atoms with Gasteiger partial charge in [0.1, 0.15) is 5.75 Å². The average Bonchev–Trinajstić information content (AvgIpc) is 2.76. The molecule has 0 saturated carbocycles. The predicted octanol–water partition coefficient (Wildman–Crippen LogP) is 2.76. The predicted molar refractivity (Wildman–Crippen MR) is 72.6 cm³/mol. The van der Waals surface area contributed by atoms with E-state index in [-0.39, 0.29) is 12.3 Å². The van der Waals surface area contributed by atoms with Crippen LogP contribution in [0.15, 0.2) is 18.2 Å². The average molecular weight is 259 g/mol. The van der Waals surface area contributed by atoms with E-state index in [4.69, 9.17) is 9.84 Å². The first kappa shape index (κ1) is 12.1. The molecule has 100 valence electrons. The van der Waals surface area contributed by atoms with Crippen molar-refractivity contribution < 1.29 is 14.6 Å². The first-order valence-corrected chi connectivity index (χ1v) is 6.57. The number of carboxylic acid groups (broad SMARTS) is 1. The fourth-order valence-corrected chi connectivity index (χ4v) is 3.08. The summed E-state index contributed by atoms with van der Waals surface area (Å²) >= 11 is 0. The van der Waals surface area contributed by atoms with Crippen LogP contribution in [0.3, 0.4) is 0 Å². The first-order valence-electron chi connectivity index (χ1n) is 6.57. The normalized spacial score (nSPS) is 18.3. The topological polar surface area (TPSA) is 62.3 Å². The molecular formula is C15H17NO3. The number of aromatic amines is 1. The lowest BCUT2D eigenvalue weighted by molar-refractivity contribution is -0.138. The highest BCUT2D eigenvalue weighted by atomic mass is 16.5. The Labute approximate surface area is 111 Å². The molecule has 1 aliphatic carbocycles. The highest BCUT2D eigenvalue weighted by molar-refractivity contribution is 5.89. The molecule has 2 aromatic rings. The maximum atomic E-state index is 10.9. The molecule has 1 aliphatic rings. The summed E-state index contributed by atoms with van der Waals surface area (Å²) in [5.41, 5.74) is 3.54. The second kappa shape index (κ2) is 4.61. The monoisotopic (exact) mass is 259 g/mol. The Morgan fingerprint density at radius 3 is 3.11 bits per heavy atom. The van der Waals surface area contributed by atoms with Crippen molar-refractivity contribution in [3.05, 3.63) is 29.5 Å². The molecule has 0 bridgehead atoms. The highest BCUT2D eigenvalue weighted by Gasteiger charge is 2.24. The van der Waals surface area contributed by atoms with Gasteiger partial charge in [-0.1, -0.05) is 12.1 Å². The molecule has 0 amide bonds. The second-order valence-corrected chi connectivity index (χ2v) is 5.17. The zero-order valence-electron chi connectivity index (χ0n) is 10.9. The summed E-state index contributed by atoms with van der Waals surface area (Å²) < 4.78 is 5.37. The number of para-hydroxylation sites is 1. The Hall–Kier alpha value is -1.97. The number of methoxy groups -OCH3 is 1. The molecular weight excluding hydrogens is 242 g/mol. The lowest BCUT2D eigenvalue weighted by Crippen LogP contribution is -2.16. The van der Waals surface area contributed by atoms with Crippen molar-refractivity contribution in [2.75, 3.05) is 7.11 Å². The molecule has 1 aromatic heterocycles.